The minimum absolute atomic E-state index is 0.570. The number of rotatable bonds is 2. The lowest BCUT2D eigenvalue weighted by Crippen LogP contribution is -1.87. The first kappa shape index (κ1) is 12.9. The fourth-order valence-electron chi connectivity index (χ4n) is 2.64. The fourth-order valence-corrected chi connectivity index (χ4v) is 2.64. The molecule has 0 amide bonds. The van der Waals surface area contributed by atoms with Gasteiger partial charge in [-0.2, -0.15) is 0 Å². The van der Waals surface area contributed by atoms with Crippen LogP contribution in [0.2, 0.25) is 0 Å². The first-order valence-electron chi connectivity index (χ1n) is 7.18. The average molecular weight is 260 g/mol. The maximum Gasteiger partial charge on any atom is -0.0172 e. The summed E-state index contributed by atoms with van der Waals surface area (Å²) in [7, 11) is 0. The molecule has 20 heavy (non-hydrogen) atoms. The second-order valence-electron chi connectivity index (χ2n) is 5.96. The number of benzene rings is 3. The molecule has 0 radical (unpaired) electrons. The highest BCUT2D eigenvalue weighted by Crippen LogP contribution is 2.28. The lowest BCUT2D eigenvalue weighted by Gasteiger charge is -2.09. The van der Waals surface area contributed by atoms with Crippen LogP contribution in [0.25, 0.3) is 27.1 Å². The molecule has 3 aromatic carbocycles. The Kier molecular flexibility index (Phi) is 3.10. The van der Waals surface area contributed by atoms with Crippen LogP contribution in [-0.4, -0.2) is 0 Å². The molecule has 0 unspecified atom stereocenters. The molecule has 3 aromatic rings. The van der Waals surface area contributed by atoms with Gasteiger partial charge in [0.2, 0.25) is 0 Å². The Hall–Kier alpha value is -2.08. The van der Waals surface area contributed by atoms with Gasteiger partial charge in [0.15, 0.2) is 0 Å². The Morgan fingerprint density at radius 3 is 2.00 bits per heavy atom. The van der Waals surface area contributed by atoms with Gasteiger partial charge < -0.3 is 0 Å². The molecular formula is C20H20. The lowest BCUT2D eigenvalue weighted by molar-refractivity contribution is 0.869. The molecule has 100 valence electrons. The standard InChI is InChI=1S/C20H20/c1-13(2)15-5-7-17-12-20-10-16(14(3)4)6-8-18(20)11-19(17)9-15/h5-12,14H,1H2,2-4H3. The quantitative estimate of drug-likeness (QED) is 0.485. The molecular weight excluding hydrogens is 240 g/mol. The van der Waals surface area contributed by atoms with E-state index in [1.54, 1.807) is 0 Å². The Morgan fingerprint density at radius 1 is 0.800 bits per heavy atom. The molecule has 0 aliphatic heterocycles. The summed E-state index contributed by atoms with van der Waals surface area (Å²) in [6.45, 7) is 10.6. The first-order chi connectivity index (χ1) is 9.54. The van der Waals surface area contributed by atoms with Crippen LogP contribution >= 0.6 is 0 Å². The minimum Gasteiger partial charge on any atom is -0.0955 e. The van der Waals surface area contributed by atoms with Crippen LogP contribution < -0.4 is 0 Å². The van der Waals surface area contributed by atoms with Crippen LogP contribution in [-0.2, 0) is 0 Å². The van der Waals surface area contributed by atoms with Crippen LogP contribution in [0.1, 0.15) is 37.8 Å². The van der Waals surface area contributed by atoms with Crippen molar-refractivity contribution in [3.05, 3.63) is 66.2 Å². The summed E-state index contributed by atoms with van der Waals surface area (Å²) >= 11 is 0. The van der Waals surface area contributed by atoms with Crippen LogP contribution in [0.15, 0.2) is 55.1 Å². The van der Waals surface area contributed by atoms with E-state index in [0.29, 0.717) is 5.92 Å². The molecule has 0 aliphatic rings. The van der Waals surface area contributed by atoms with Gasteiger partial charge in [-0.15, -0.1) is 0 Å². The van der Waals surface area contributed by atoms with E-state index in [0.717, 1.165) is 5.57 Å². The Morgan fingerprint density at radius 2 is 1.40 bits per heavy atom. The molecule has 0 heteroatoms. The summed E-state index contributed by atoms with van der Waals surface area (Å²) < 4.78 is 0. The molecule has 0 fully saturated rings. The van der Waals surface area contributed by atoms with Crippen LogP contribution in [0.4, 0.5) is 0 Å². The predicted molar refractivity (Wildman–Crippen MR) is 90.3 cm³/mol. The summed E-state index contributed by atoms with van der Waals surface area (Å²) in [6, 6.07) is 17.9. The third kappa shape index (κ3) is 2.22. The molecule has 0 aromatic heterocycles. The molecule has 0 N–H and O–H groups in total. The highest BCUT2D eigenvalue weighted by molar-refractivity contribution is 5.99. The predicted octanol–water partition coefficient (Wildman–Crippen LogP) is 6.15. The fraction of sp³-hybridized carbons (Fsp3) is 0.200. The van der Waals surface area contributed by atoms with Gasteiger partial charge in [-0.05, 0) is 63.7 Å². The van der Waals surface area contributed by atoms with Gasteiger partial charge in [-0.25, -0.2) is 0 Å². The second-order valence-corrected chi connectivity index (χ2v) is 5.96. The summed E-state index contributed by atoms with van der Waals surface area (Å²) in [5, 5.41) is 5.21. The van der Waals surface area contributed by atoms with Crippen molar-refractivity contribution in [3.8, 4) is 0 Å². The van der Waals surface area contributed by atoms with Crippen molar-refractivity contribution in [1.29, 1.82) is 0 Å². The highest BCUT2D eigenvalue weighted by atomic mass is 14.1. The van der Waals surface area contributed by atoms with E-state index in [1.807, 2.05) is 0 Å². The molecule has 0 aliphatic carbocycles. The smallest absolute Gasteiger partial charge is 0.0172 e. The zero-order valence-corrected chi connectivity index (χ0v) is 12.4. The van der Waals surface area contributed by atoms with Crippen LogP contribution in [0, 0.1) is 0 Å². The van der Waals surface area contributed by atoms with Gasteiger partial charge in [-0.3, -0.25) is 0 Å². The zero-order chi connectivity index (χ0) is 14.3. The van der Waals surface area contributed by atoms with E-state index in [-0.39, 0.29) is 0 Å². The van der Waals surface area contributed by atoms with Crippen molar-refractivity contribution in [2.45, 2.75) is 26.7 Å². The van der Waals surface area contributed by atoms with E-state index in [9.17, 15) is 0 Å². The van der Waals surface area contributed by atoms with Crippen molar-refractivity contribution >= 4 is 27.1 Å². The molecule has 0 heterocycles. The normalized spacial score (nSPS) is 11.4. The topological polar surface area (TPSA) is 0 Å². The van der Waals surface area contributed by atoms with E-state index in [4.69, 9.17) is 0 Å². The summed E-state index contributed by atoms with van der Waals surface area (Å²) in [5.74, 6) is 0.570. The Bertz CT molecular complexity index is 807. The van der Waals surface area contributed by atoms with Gasteiger partial charge in [0.05, 0.1) is 0 Å². The van der Waals surface area contributed by atoms with Gasteiger partial charge in [0.25, 0.3) is 0 Å². The van der Waals surface area contributed by atoms with Crippen molar-refractivity contribution in [3.63, 3.8) is 0 Å². The van der Waals surface area contributed by atoms with Gasteiger partial charge >= 0.3 is 0 Å². The van der Waals surface area contributed by atoms with Gasteiger partial charge in [0.1, 0.15) is 0 Å². The molecule has 0 nitrogen and oxygen atoms in total. The van der Waals surface area contributed by atoms with Crippen molar-refractivity contribution in [1.82, 2.24) is 0 Å². The third-order valence-corrected chi connectivity index (χ3v) is 3.98. The maximum atomic E-state index is 4.03. The van der Waals surface area contributed by atoms with E-state index < -0.39 is 0 Å². The van der Waals surface area contributed by atoms with Crippen molar-refractivity contribution in [2.75, 3.05) is 0 Å². The number of hydrogen-bond donors (Lipinski definition) is 0. The van der Waals surface area contributed by atoms with Gasteiger partial charge in [-0.1, -0.05) is 56.3 Å². The van der Waals surface area contributed by atoms with Crippen molar-refractivity contribution in [2.24, 2.45) is 0 Å². The SMILES string of the molecule is C=C(C)c1ccc2cc3cc(C(C)C)ccc3cc2c1. The summed E-state index contributed by atoms with van der Waals surface area (Å²) in [5.41, 5.74) is 3.73. The molecule has 0 bridgehead atoms. The first-order valence-corrected chi connectivity index (χ1v) is 7.18. The lowest BCUT2D eigenvalue weighted by atomic mass is 9.96. The van der Waals surface area contributed by atoms with E-state index in [2.05, 4.69) is 75.9 Å². The van der Waals surface area contributed by atoms with Crippen LogP contribution in [0.5, 0.6) is 0 Å². The monoisotopic (exact) mass is 260 g/mol. The van der Waals surface area contributed by atoms with Crippen LogP contribution in [0.3, 0.4) is 0 Å². The Labute approximate surface area is 120 Å². The second kappa shape index (κ2) is 4.79. The third-order valence-electron chi connectivity index (χ3n) is 3.98. The van der Waals surface area contributed by atoms with E-state index >= 15 is 0 Å². The molecule has 0 saturated heterocycles. The largest absolute Gasteiger partial charge is 0.0955 e. The minimum atomic E-state index is 0.570. The Balaban J connectivity index is 2.25. The number of hydrogen-bond acceptors (Lipinski definition) is 0. The summed E-state index contributed by atoms with van der Waals surface area (Å²) in [6.07, 6.45) is 0. The molecule has 0 atom stereocenters. The highest BCUT2D eigenvalue weighted by Gasteiger charge is 2.03. The maximum absolute atomic E-state index is 4.03. The summed E-state index contributed by atoms with van der Waals surface area (Å²) in [4.78, 5) is 0. The average Bonchev–Trinajstić information content (AvgIpc) is 2.43. The number of fused-ring (bicyclic) bond motifs is 2. The molecule has 3 rings (SSSR count). The van der Waals surface area contributed by atoms with E-state index in [1.165, 1.54) is 32.7 Å². The van der Waals surface area contributed by atoms with Gasteiger partial charge in [0, 0.05) is 0 Å². The van der Waals surface area contributed by atoms with Crippen molar-refractivity contribution < 1.29 is 0 Å². The molecule has 0 saturated carbocycles. The number of allylic oxidation sites excluding steroid dienone is 1. The molecule has 0 spiro atoms. The zero-order valence-electron chi connectivity index (χ0n) is 12.4.